The summed E-state index contributed by atoms with van der Waals surface area (Å²) >= 11 is 0. The Morgan fingerprint density at radius 3 is 2.50 bits per heavy atom. The van der Waals surface area contributed by atoms with E-state index in [1.54, 1.807) is 6.92 Å². The van der Waals surface area contributed by atoms with Crippen LogP contribution in [0.25, 0.3) is 0 Å². The van der Waals surface area contributed by atoms with E-state index in [0.29, 0.717) is 0 Å². The Bertz CT molecular complexity index is 179. The molecule has 0 saturated heterocycles. The topological polar surface area (TPSA) is 46.5 Å². The summed E-state index contributed by atoms with van der Waals surface area (Å²) in [5, 5.41) is 8.65. The van der Waals surface area contributed by atoms with Gasteiger partial charge in [0.2, 0.25) is 0 Å². The summed E-state index contributed by atoms with van der Waals surface area (Å²) in [6.07, 6.45) is 1.28. The minimum absolute atomic E-state index is 0.258. The van der Waals surface area contributed by atoms with E-state index in [1.807, 2.05) is 0 Å². The maximum absolute atomic E-state index is 10.6. The fraction of sp³-hybridized carbons (Fsp3) is 0.286. The van der Waals surface area contributed by atoms with Gasteiger partial charge in [0.25, 0.3) is 5.95 Å². The van der Waals surface area contributed by atoms with Gasteiger partial charge in [0.05, 0.1) is 0 Å². The van der Waals surface area contributed by atoms with Crippen molar-refractivity contribution in [2.45, 2.75) is 13.8 Å². The number of carbonyl (C=O) groups is 1. The number of hydrogen-bond donors (Lipinski definition) is 1. The van der Waals surface area contributed by atoms with Crippen LogP contribution in [0, 0.1) is 0 Å². The SMILES string of the molecule is C=C(C)C(=O)O/C(O)=C\C. The number of ether oxygens (including phenoxy) is 1. The van der Waals surface area contributed by atoms with Crippen LogP contribution in [0.2, 0.25) is 0 Å². The molecule has 0 radical (unpaired) electrons. The van der Waals surface area contributed by atoms with Gasteiger partial charge >= 0.3 is 5.97 Å². The Kier molecular flexibility index (Phi) is 3.25. The van der Waals surface area contributed by atoms with Crippen LogP contribution in [0.15, 0.2) is 24.2 Å². The zero-order chi connectivity index (χ0) is 8.15. The third-order valence-electron chi connectivity index (χ3n) is 0.793. The molecule has 56 valence electrons. The van der Waals surface area contributed by atoms with Crippen LogP contribution in [0.4, 0.5) is 0 Å². The highest BCUT2D eigenvalue weighted by atomic mass is 16.6. The van der Waals surface area contributed by atoms with E-state index >= 15 is 0 Å². The highest BCUT2D eigenvalue weighted by Crippen LogP contribution is 1.97. The third kappa shape index (κ3) is 2.91. The highest BCUT2D eigenvalue weighted by Gasteiger charge is 2.03. The molecular weight excluding hydrogens is 132 g/mol. The first-order valence-electron chi connectivity index (χ1n) is 2.81. The number of rotatable bonds is 2. The third-order valence-corrected chi connectivity index (χ3v) is 0.793. The van der Waals surface area contributed by atoms with E-state index in [-0.39, 0.29) is 5.57 Å². The lowest BCUT2D eigenvalue weighted by Gasteiger charge is -1.99. The molecule has 0 rings (SSSR count). The van der Waals surface area contributed by atoms with Gasteiger partial charge in [-0.15, -0.1) is 0 Å². The van der Waals surface area contributed by atoms with Crippen molar-refractivity contribution >= 4 is 5.97 Å². The molecule has 0 heterocycles. The van der Waals surface area contributed by atoms with Crippen LogP contribution >= 0.6 is 0 Å². The summed E-state index contributed by atoms with van der Waals surface area (Å²) in [6.45, 7) is 6.39. The van der Waals surface area contributed by atoms with Gasteiger partial charge in [-0.1, -0.05) is 6.58 Å². The van der Waals surface area contributed by atoms with Gasteiger partial charge in [-0.05, 0) is 19.9 Å². The van der Waals surface area contributed by atoms with Crippen molar-refractivity contribution in [3.8, 4) is 0 Å². The summed E-state index contributed by atoms with van der Waals surface area (Å²) in [4.78, 5) is 10.6. The minimum atomic E-state index is -0.615. The maximum Gasteiger partial charge on any atom is 0.340 e. The van der Waals surface area contributed by atoms with Gasteiger partial charge in [-0.3, -0.25) is 0 Å². The van der Waals surface area contributed by atoms with Gasteiger partial charge in [0.15, 0.2) is 0 Å². The average Bonchev–Trinajstić information content (AvgIpc) is 1.87. The van der Waals surface area contributed by atoms with Gasteiger partial charge in [0.1, 0.15) is 0 Å². The van der Waals surface area contributed by atoms with Gasteiger partial charge in [-0.25, -0.2) is 4.79 Å². The van der Waals surface area contributed by atoms with Crippen molar-refractivity contribution in [3.05, 3.63) is 24.2 Å². The number of carbonyl (C=O) groups excluding carboxylic acids is 1. The van der Waals surface area contributed by atoms with Gasteiger partial charge in [-0.2, -0.15) is 0 Å². The van der Waals surface area contributed by atoms with E-state index < -0.39 is 11.9 Å². The fourth-order valence-corrected chi connectivity index (χ4v) is 0.241. The molecule has 10 heavy (non-hydrogen) atoms. The fourth-order valence-electron chi connectivity index (χ4n) is 0.241. The highest BCUT2D eigenvalue weighted by molar-refractivity contribution is 5.87. The molecule has 1 N–H and O–H groups in total. The molecule has 0 spiro atoms. The molecular formula is C7H10O3. The van der Waals surface area contributed by atoms with E-state index in [0.717, 1.165) is 0 Å². The number of aliphatic hydroxyl groups is 1. The second-order valence-electron chi connectivity index (χ2n) is 1.80. The van der Waals surface area contributed by atoms with Gasteiger partial charge < -0.3 is 9.84 Å². The van der Waals surface area contributed by atoms with E-state index in [2.05, 4.69) is 11.3 Å². The van der Waals surface area contributed by atoms with E-state index in [4.69, 9.17) is 5.11 Å². The van der Waals surface area contributed by atoms with Crippen LogP contribution in [-0.4, -0.2) is 11.1 Å². The summed E-state index contributed by atoms with van der Waals surface area (Å²) in [6, 6.07) is 0. The molecule has 0 bridgehead atoms. The Hall–Kier alpha value is -1.25. The van der Waals surface area contributed by atoms with Crippen molar-refractivity contribution in [2.24, 2.45) is 0 Å². The molecule has 0 amide bonds. The largest absolute Gasteiger partial charge is 0.481 e. The lowest BCUT2D eigenvalue weighted by Crippen LogP contribution is -2.03. The van der Waals surface area contributed by atoms with Crippen molar-refractivity contribution < 1.29 is 14.6 Å². The molecule has 0 atom stereocenters. The molecule has 0 aromatic carbocycles. The zero-order valence-corrected chi connectivity index (χ0v) is 6.05. The predicted octanol–water partition coefficient (Wildman–Crippen LogP) is 1.52. The molecule has 0 aliphatic carbocycles. The summed E-state index contributed by atoms with van der Waals surface area (Å²) in [5.74, 6) is -1.01. The first-order valence-corrected chi connectivity index (χ1v) is 2.81. The predicted molar refractivity (Wildman–Crippen MR) is 37.3 cm³/mol. The monoisotopic (exact) mass is 142 g/mol. The van der Waals surface area contributed by atoms with Crippen molar-refractivity contribution in [1.82, 2.24) is 0 Å². The number of allylic oxidation sites excluding steroid dienone is 1. The molecule has 0 unspecified atom stereocenters. The zero-order valence-electron chi connectivity index (χ0n) is 6.05. The normalized spacial score (nSPS) is 10.8. The van der Waals surface area contributed by atoms with Crippen LogP contribution in [0.5, 0.6) is 0 Å². The molecule has 0 aliphatic heterocycles. The second-order valence-corrected chi connectivity index (χ2v) is 1.80. The maximum atomic E-state index is 10.6. The van der Waals surface area contributed by atoms with Crippen LogP contribution in [0.1, 0.15) is 13.8 Å². The Labute approximate surface area is 59.6 Å². The molecule has 0 saturated carbocycles. The molecule has 3 heteroatoms. The van der Waals surface area contributed by atoms with Crippen LogP contribution < -0.4 is 0 Å². The summed E-state index contributed by atoms with van der Waals surface area (Å²) < 4.78 is 4.34. The van der Waals surface area contributed by atoms with Crippen molar-refractivity contribution in [2.75, 3.05) is 0 Å². The van der Waals surface area contributed by atoms with Crippen LogP contribution in [0.3, 0.4) is 0 Å². The van der Waals surface area contributed by atoms with Gasteiger partial charge in [0, 0.05) is 5.57 Å². The molecule has 0 aliphatic rings. The first kappa shape index (κ1) is 8.75. The van der Waals surface area contributed by atoms with Crippen molar-refractivity contribution in [3.63, 3.8) is 0 Å². The quantitative estimate of drug-likeness (QED) is 0.361. The molecule has 3 nitrogen and oxygen atoms in total. The van der Waals surface area contributed by atoms with E-state index in [9.17, 15) is 4.79 Å². The lowest BCUT2D eigenvalue weighted by molar-refractivity contribution is -0.138. The number of aliphatic hydroxyl groups excluding tert-OH is 1. The number of hydrogen-bond acceptors (Lipinski definition) is 3. The number of esters is 1. The molecule has 0 fully saturated rings. The van der Waals surface area contributed by atoms with E-state index in [1.165, 1.54) is 13.0 Å². The standard InChI is InChI=1S/C7H10O3/c1-4-6(8)10-7(9)5(2)3/h4,8H,2H2,1,3H3/b6-4-. The summed E-state index contributed by atoms with van der Waals surface area (Å²) in [7, 11) is 0. The first-order chi connectivity index (χ1) is 4.57. The average molecular weight is 142 g/mol. The summed E-state index contributed by atoms with van der Waals surface area (Å²) in [5.41, 5.74) is 0.258. The lowest BCUT2D eigenvalue weighted by atomic mass is 10.4. The Morgan fingerprint density at radius 1 is 1.70 bits per heavy atom. The Morgan fingerprint density at radius 2 is 2.20 bits per heavy atom. The van der Waals surface area contributed by atoms with Crippen LogP contribution in [-0.2, 0) is 9.53 Å². The second kappa shape index (κ2) is 3.71. The smallest absolute Gasteiger partial charge is 0.340 e. The minimum Gasteiger partial charge on any atom is -0.481 e. The molecule has 0 aromatic heterocycles. The van der Waals surface area contributed by atoms with Crippen molar-refractivity contribution in [1.29, 1.82) is 0 Å². The Balaban J connectivity index is 3.93. The molecule has 0 aromatic rings.